The number of pyridine rings is 1. The summed E-state index contributed by atoms with van der Waals surface area (Å²) in [7, 11) is 0. The minimum atomic E-state index is -0.233. The van der Waals surface area contributed by atoms with E-state index in [0.717, 1.165) is 40.9 Å². The Kier molecular flexibility index (Phi) is 8.41. The number of amides is 2. The van der Waals surface area contributed by atoms with Gasteiger partial charge in [-0.25, -0.2) is 4.79 Å². The van der Waals surface area contributed by atoms with E-state index >= 15 is 0 Å². The molecule has 1 aromatic carbocycles. The minimum Gasteiger partial charge on any atom is -0.331 e. The quantitative estimate of drug-likeness (QED) is 0.496. The number of allylic oxidation sites excluding steroid dienone is 2. The summed E-state index contributed by atoms with van der Waals surface area (Å²) in [6, 6.07) is 11.5. The third kappa shape index (κ3) is 7.07. The lowest BCUT2D eigenvalue weighted by atomic mass is 9.97. The van der Waals surface area contributed by atoms with Crippen molar-refractivity contribution in [3.05, 3.63) is 85.2 Å². The van der Waals surface area contributed by atoms with E-state index < -0.39 is 0 Å². The van der Waals surface area contributed by atoms with Crippen molar-refractivity contribution < 1.29 is 4.79 Å². The van der Waals surface area contributed by atoms with E-state index in [1.165, 1.54) is 0 Å². The summed E-state index contributed by atoms with van der Waals surface area (Å²) in [6.45, 7) is 13.9. The van der Waals surface area contributed by atoms with Crippen LogP contribution in [-0.4, -0.2) is 17.1 Å². The zero-order chi connectivity index (χ0) is 21.2. The van der Waals surface area contributed by atoms with Gasteiger partial charge < -0.3 is 10.6 Å². The molecular weight excluding hydrogens is 358 g/mol. The highest BCUT2D eigenvalue weighted by Gasteiger charge is 2.15. The van der Waals surface area contributed by atoms with Gasteiger partial charge in [0, 0.05) is 17.6 Å². The fraction of sp³-hybridized carbons (Fsp3) is 0.280. The first-order valence-corrected chi connectivity index (χ1v) is 9.98. The molecule has 0 saturated carbocycles. The number of aryl methyl sites for hydroxylation is 1. The first kappa shape index (κ1) is 22.2. The zero-order valence-electron chi connectivity index (χ0n) is 17.6. The van der Waals surface area contributed by atoms with Crippen molar-refractivity contribution in [2.45, 2.75) is 39.7 Å². The van der Waals surface area contributed by atoms with Crippen LogP contribution in [-0.2, 0) is 0 Å². The van der Waals surface area contributed by atoms with Crippen molar-refractivity contribution in [1.82, 2.24) is 10.3 Å². The van der Waals surface area contributed by atoms with Crippen molar-refractivity contribution in [2.75, 3.05) is 5.32 Å². The van der Waals surface area contributed by atoms with Gasteiger partial charge in [-0.05, 0) is 66.6 Å². The molecular formula is C25H31N3O. The molecule has 0 radical (unpaired) electrons. The Balaban J connectivity index is 2.05. The molecule has 0 spiro atoms. The number of benzene rings is 1. The molecule has 0 aliphatic heterocycles. The molecule has 2 amide bonds. The van der Waals surface area contributed by atoms with E-state index in [1.54, 1.807) is 18.3 Å². The van der Waals surface area contributed by atoms with Crippen molar-refractivity contribution >= 4 is 11.7 Å². The topological polar surface area (TPSA) is 54.0 Å². The fourth-order valence-corrected chi connectivity index (χ4v) is 3.08. The van der Waals surface area contributed by atoms with Crippen LogP contribution >= 0.6 is 0 Å². The van der Waals surface area contributed by atoms with Gasteiger partial charge in [0.1, 0.15) is 0 Å². The molecule has 1 aromatic heterocycles. The number of anilines is 1. The van der Waals surface area contributed by atoms with Gasteiger partial charge in [-0.1, -0.05) is 57.4 Å². The second-order valence-electron chi connectivity index (χ2n) is 7.49. The first-order valence-electron chi connectivity index (χ1n) is 9.98. The molecule has 29 heavy (non-hydrogen) atoms. The predicted molar refractivity (Wildman–Crippen MR) is 123 cm³/mol. The van der Waals surface area contributed by atoms with Crippen LogP contribution < -0.4 is 10.6 Å². The third-order valence-corrected chi connectivity index (χ3v) is 4.66. The summed E-state index contributed by atoms with van der Waals surface area (Å²) in [5.74, 6) is 0.557. The molecule has 2 aromatic rings. The van der Waals surface area contributed by atoms with Crippen molar-refractivity contribution in [2.24, 2.45) is 5.92 Å². The van der Waals surface area contributed by atoms with Crippen LogP contribution in [0, 0.1) is 12.8 Å². The van der Waals surface area contributed by atoms with E-state index in [1.807, 2.05) is 49.4 Å². The summed E-state index contributed by atoms with van der Waals surface area (Å²) in [5, 5.41) is 5.99. The van der Waals surface area contributed by atoms with Gasteiger partial charge >= 0.3 is 6.03 Å². The number of aromatic nitrogens is 1. The lowest BCUT2D eigenvalue weighted by Gasteiger charge is -2.21. The average Bonchev–Trinajstić information content (AvgIpc) is 2.70. The molecule has 0 aliphatic rings. The lowest BCUT2D eigenvalue weighted by Crippen LogP contribution is -2.39. The molecule has 2 N–H and O–H groups in total. The monoisotopic (exact) mass is 389 g/mol. The van der Waals surface area contributed by atoms with E-state index in [9.17, 15) is 4.79 Å². The average molecular weight is 390 g/mol. The number of rotatable bonds is 9. The largest absolute Gasteiger partial charge is 0.331 e. The number of nitrogens with zero attached hydrogens (tertiary/aromatic N) is 1. The first-order chi connectivity index (χ1) is 13.9. The number of carbonyl (C=O) groups excluding carboxylic acids is 1. The maximum atomic E-state index is 12.6. The van der Waals surface area contributed by atoms with Gasteiger partial charge in [-0.2, -0.15) is 0 Å². The molecule has 152 valence electrons. The van der Waals surface area contributed by atoms with Crippen molar-refractivity contribution in [3.63, 3.8) is 0 Å². The Morgan fingerprint density at radius 3 is 2.41 bits per heavy atom. The fourth-order valence-electron chi connectivity index (χ4n) is 3.08. The number of hydrogen-bond donors (Lipinski definition) is 2. The standard InChI is InChI=1S/C25H31N3O/c1-6-8-20(7-2)24(14-9-18(3)4)28-25(29)27-23-12-10-21(11-13-23)22-15-16-26-19(5)17-22/h6-8,10-13,15-18,24H,1-2,9,14H2,3-5H3,(H2,27,28,29)/b20-8+. The molecule has 0 bridgehead atoms. The predicted octanol–water partition coefficient (Wildman–Crippen LogP) is 6.28. The van der Waals surface area contributed by atoms with E-state index in [-0.39, 0.29) is 12.1 Å². The van der Waals surface area contributed by atoms with Gasteiger partial charge in [0.15, 0.2) is 0 Å². The van der Waals surface area contributed by atoms with Crippen LogP contribution in [0.5, 0.6) is 0 Å². The highest BCUT2D eigenvalue weighted by atomic mass is 16.2. The molecule has 1 unspecified atom stereocenters. The maximum Gasteiger partial charge on any atom is 0.319 e. The smallest absolute Gasteiger partial charge is 0.319 e. The number of nitrogens with one attached hydrogen (secondary N) is 2. The SMILES string of the molecule is C=C/C=C(\C=C)C(CCC(C)C)NC(=O)Nc1ccc(-c2ccnc(C)c2)cc1. The number of hydrogen-bond acceptors (Lipinski definition) is 2. The highest BCUT2D eigenvalue weighted by molar-refractivity contribution is 5.90. The van der Waals surface area contributed by atoms with E-state index in [0.29, 0.717) is 5.92 Å². The molecule has 0 aliphatic carbocycles. The van der Waals surface area contributed by atoms with Crippen LogP contribution in [0.1, 0.15) is 32.4 Å². The van der Waals surface area contributed by atoms with Crippen LogP contribution in [0.25, 0.3) is 11.1 Å². The molecule has 4 nitrogen and oxygen atoms in total. The Hall–Kier alpha value is -3.14. The van der Waals surface area contributed by atoms with Crippen molar-refractivity contribution in [1.29, 1.82) is 0 Å². The lowest BCUT2D eigenvalue weighted by molar-refractivity contribution is 0.249. The molecule has 0 saturated heterocycles. The van der Waals surface area contributed by atoms with Crippen LogP contribution in [0.2, 0.25) is 0 Å². The molecule has 2 rings (SSSR count). The molecule has 1 atom stereocenters. The second kappa shape index (κ2) is 11.0. The zero-order valence-corrected chi connectivity index (χ0v) is 17.6. The summed E-state index contributed by atoms with van der Waals surface area (Å²) < 4.78 is 0. The molecule has 1 heterocycles. The van der Waals surface area contributed by atoms with Gasteiger partial charge in [-0.3, -0.25) is 4.98 Å². The summed E-state index contributed by atoms with van der Waals surface area (Å²) in [5.41, 5.74) is 4.86. The van der Waals surface area contributed by atoms with E-state index in [2.05, 4.69) is 42.6 Å². The number of carbonyl (C=O) groups is 1. The number of urea groups is 1. The maximum absolute atomic E-state index is 12.6. The van der Waals surface area contributed by atoms with Crippen LogP contribution in [0.4, 0.5) is 10.5 Å². The van der Waals surface area contributed by atoms with Gasteiger partial charge in [0.05, 0.1) is 6.04 Å². The molecule has 0 fully saturated rings. The Bertz CT molecular complexity index is 866. The van der Waals surface area contributed by atoms with Gasteiger partial charge in [0.25, 0.3) is 0 Å². The van der Waals surface area contributed by atoms with Crippen molar-refractivity contribution in [3.8, 4) is 11.1 Å². The second-order valence-corrected chi connectivity index (χ2v) is 7.49. The Morgan fingerprint density at radius 1 is 1.10 bits per heavy atom. The minimum absolute atomic E-state index is 0.105. The summed E-state index contributed by atoms with van der Waals surface area (Å²) >= 11 is 0. The van der Waals surface area contributed by atoms with Crippen LogP contribution in [0.3, 0.4) is 0 Å². The molecule has 4 heteroatoms. The van der Waals surface area contributed by atoms with Gasteiger partial charge in [-0.15, -0.1) is 0 Å². The van der Waals surface area contributed by atoms with E-state index in [4.69, 9.17) is 0 Å². The highest BCUT2D eigenvalue weighted by Crippen LogP contribution is 2.22. The van der Waals surface area contributed by atoms with Gasteiger partial charge in [0.2, 0.25) is 0 Å². The normalized spacial score (nSPS) is 12.3. The van der Waals surface area contributed by atoms with Crippen LogP contribution in [0.15, 0.2) is 79.6 Å². The Labute approximate surface area is 174 Å². The Morgan fingerprint density at radius 2 is 1.83 bits per heavy atom. The third-order valence-electron chi connectivity index (χ3n) is 4.66. The summed E-state index contributed by atoms with van der Waals surface area (Å²) in [4.78, 5) is 16.8. The summed E-state index contributed by atoms with van der Waals surface area (Å²) in [6.07, 6.45) is 9.04.